The molecule has 3 atom stereocenters. The van der Waals surface area contributed by atoms with Crippen LogP contribution in [0.4, 0.5) is 11.5 Å². The van der Waals surface area contributed by atoms with Crippen molar-refractivity contribution in [3.05, 3.63) is 41.3 Å². The van der Waals surface area contributed by atoms with Crippen molar-refractivity contribution in [1.82, 2.24) is 24.5 Å². The van der Waals surface area contributed by atoms with Gasteiger partial charge in [-0.1, -0.05) is 0 Å². The number of thiophene rings is 1. The number of hydrogen-bond donors (Lipinski definition) is 1. The quantitative estimate of drug-likeness (QED) is 0.463. The van der Waals surface area contributed by atoms with Crippen molar-refractivity contribution in [2.75, 3.05) is 25.5 Å². The zero-order valence-electron chi connectivity index (χ0n) is 20.0. The van der Waals surface area contributed by atoms with Gasteiger partial charge in [-0.2, -0.15) is 5.10 Å². The number of nitrogens with zero attached hydrogens (tertiary/aromatic N) is 5. The fourth-order valence-electron chi connectivity index (χ4n) is 5.44. The van der Waals surface area contributed by atoms with E-state index in [0.29, 0.717) is 18.8 Å². The molecule has 0 bridgehead atoms. The highest BCUT2D eigenvalue weighted by Gasteiger charge is 2.34. The summed E-state index contributed by atoms with van der Waals surface area (Å²) in [5.41, 5.74) is 2.95. The van der Waals surface area contributed by atoms with E-state index < -0.39 is 0 Å². The lowest BCUT2D eigenvalue weighted by Crippen LogP contribution is -2.50. The van der Waals surface area contributed by atoms with Crippen LogP contribution in [0, 0.1) is 5.92 Å². The predicted molar refractivity (Wildman–Crippen MR) is 135 cm³/mol. The molecule has 1 aliphatic heterocycles. The van der Waals surface area contributed by atoms with Gasteiger partial charge in [0.15, 0.2) is 5.75 Å². The molecule has 0 saturated carbocycles. The van der Waals surface area contributed by atoms with Crippen LogP contribution < -0.4 is 10.1 Å². The van der Waals surface area contributed by atoms with Gasteiger partial charge in [-0.15, -0.1) is 11.3 Å². The van der Waals surface area contributed by atoms with E-state index in [4.69, 9.17) is 9.47 Å². The number of hydrogen-bond acceptors (Lipinski definition) is 8. The van der Waals surface area contributed by atoms with Crippen molar-refractivity contribution < 1.29 is 14.3 Å². The molecule has 0 aromatic carbocycles. The maximum atomic E-state index is 13.3. The van der Waals surface area contributed by atoms with E-state index in [9.17, 15) is 4.79 Å². The number of fused-ring (bicyclic) bond motifs is 4. The number of pyridine rings is 1. The molecule has 0 radical (unpaired) electrons. The summed E-state index contributed by atoms with van der Waals surface area (Å²) in [7, 11) is 1.66. The van der Waals surface area contributed by atoms with Gasteiger partial charge in [0.1, 0.15) is 22.5 Å². The van der Waals surface area contributed by atoms with Crippen LogP contribution in [-0.2, 0) is 22.4 Å². The molecule has 0 spiro atoms. The summed E-state index contributed by atoms with van der Waals surface area (Å²) in [6, 6.07) is 3.85. The average Bonchev–Trinajstić information content (AvgIpc) is 3.47. The van der Waals surface area contributed by atoms with Gasteiger partial charge in [0.25, 0.3) is 0 Å². The average molecular weight is 493 g/mol. The lowest BCUT2D eigenvalue weighted by atomic mass is 9.86. The van der Waals surface area contributed by atoms with Crippen LogP contribution in [-0.4, -0.2) is 62.8 Å². The van der Waals surface area contributed by atoms with Crippen LogP contribution in [0.2, 0.25) is 0 Å². The monoisotopic (exact) mass is 492 g/mol. The minimum absolute atomic E-state index is 0.00166. The maximum absolute atomic E-state index is 13.3. The number of amides is 1. The number of anilines is 2. The zero-order valence-corrected chi connectivity index (χ0v) is 20.8. The Morgan fingerprint density at radius 2 is 2.06 bits per heavy atom. The highest BCUT2D eigenvalue weighted by molar-refractivity contribution is 7.19. The Morgan fingerprint density at radius 1 is 1.23 bits per heavy atom. The van der Waals surface area contributed by atoms with Crippen LogP contribution in [0.1, 0.15) is 30.7 Å². The molecule has 182 valence electrons. The smallest absolute Gasteiger partial charge is 0.226 e. The minimum Gasteiger partial charge on any atom is -0.492 e. The molecule has 1 aliphatic carbocycles. The Balaban J connectivity index is 1.30. The first-order valence-electron chi connectivity index (χ1n) is 12.0. The predicted octanol–water partition coefficient (Wildman–Crippen LogP) is 3.83. The van der Waals surface area contributed by atoms with E-state index in [1.165, 1.54) is 10.4 Å². The lowest BCUT2D eigenvalue weighted by Gasteiger charge is -2.37. The third kappa shape index (κ3) is 3.90. The van der Waals surface area contributed by atoms with Gasteiger partial charge in [0.05, 0.1) is 36.6 Å². The normalized spacial score (nSPS) is 22.4. The van der Waals surface area contributed by atoms with Crippen LogP contribution in [0.5, 0.6) is 5.75 Å². The first-order valence-corrected chi connectivity index (χ1v) is 12.8. The summed E-state index contributed by atoms with van der Waals surface area (Å²) in [6.07, 6.45) is 7.80. The Kier molecular flexibility index (Phi) is 5.57. The van der Waals surface area contributed by atoms with Crippen LogP contribution >= 0.6 is 11.3 Å². The number of rotatable bonds is 4. The van der Waals surface area contributed by atoms with Crippen molar-refractivity contribution in [1.29, 1.82) is 0 Å². The van der Waals surface area contributed by atoms with Gasteiger partial charge in [0, 0.05) is 30.1 Å². The third-order valence-electron chi connectivity index (χ3n) is 6.91. The highest BCUT2D eigenvalue weighted by atomic mass is 32.1. The molecule has 6 rings (SSSR count). The van der Waals surface area contributed by atoms with E-state index >= 15 is 0 Å². The first kappa shape index (κ1) is 22.2. The van der Waals surface area contributed by atoms with Crippen molar-refractivity contribution in [3.63, 3.8) is 0 Å². The van der Waals surface area contributed by atoms with E-state index in [-0.39, 0.29) is 24.0 Å². The SMILES string of the molecule is COc1c(Nc2ncnc3sc4c(c23)CC[C@H](C(=O)N2C[C@@H](C)O[C@@H](C)C2)C4)ccn2nccc12. The second-order valence-corrected chi connectivity index (χ2v) is 10.5. The van der Waals surface area contributed by atoms with Gasteiger partial charge in [0.2, 0.25) is 5.91 Å². The second-order valence-electron chi connectivity index (χ2n) is 9.40. The summed E-state index contributed by atoms with van der Waals surface area (Å²) in [5, 5.41) is 8.81. The Morgan fingerprint density at radius 3 is 2.86 bits per heavy atom. The molecule has 4 aromatic rings. The number of nitrogens with one attached hydrogen (secondary N) is 1. The third-order valence-corrected chi connectivity index (χ3v) is 8.08. The van der Waals surface area contributed by atoms with E-state index in [1.807, 2.05) is 37.1 Å². The fraction of sp³-hybridized carbons (Fsp3) is 0.440. The molecule has 2 aliphatic rings. The second kappa shape index (κ2) is 8.76. The standard InChI is InChI=1S/C25H28N6O3S/c1-14-11-30(12-15(2)34-14)25(32)16-4-5-17-20(10-16)35-24-21(17)23(26-13-27-24)29-18-7-9-31-19(6-8-28-31)22(18)33-3/h6-9,13-16H,4-5,10-12H2,1-3H3,(H,26,27,29)/t14-,15+,16-/m0/s1. The van der Waals surface area contributed by atoms with Gasteiger partial charge in [-0.05, 0) is 50.8 Å². The zero-order chi connectivity index (χ0) is 24.1. The first-order chi connectivity index (χ1) is 17.0. The number of aryl methyl sites for hydroxylation is 1. The molecule has 9 nitrogen and oxygen atoms in total. The van der Waals surface area contributed by atoms with Crippen molar-refractivity contribution in [2.24, 2.45) is 5.92 Å². The Bertz CT molecular complexity index is 1410. The molecule has 1 saturated heterocycles. The molecule has 1 N–H and O–H groups in total. The molecule has 0 unspecified atom stereocenters. The van der Waals surface area contributed by atoms with Crippen molar-refractivity contribution in [3.8, 4) is 5.75 Å². The lowest BCUT2D eigenvalue weighted by molar-refractivity contribution is -0.147. The van der Waals surface area contributed by atoms with Gasteiger partial charge in [-0.3, -0.25) is 4.79 Å². The van der Waals surface area contributed by atoms with Crippen LogP contribution in [0.3, 0.4) is 0 Å². The van der Waals surface area contributed by atoms with Crippen molar-refractivity contribution in [2.45, 2.75) is 45.3 Å². The number of methoxy groups -OCH3 is 1. The largest absolute Gasteiger partial charge is 0.492 e. The van der Waals surface area contributed by atoms with Gasteiger partial charge >= 0.3 is 0 Å². The topological polar surface area (TPSA) is 93.9 Å². The van der Waals surface area contributed by atoms with Gasteiger partial charge < -0.3 is 19.7 Å². The Labute approximate surface area is 207 Å². The molecular weight excluding hydrogens is 464 g/mol. The molecule has 35 heavy (non-hydrogen) atoms. The number of carbonyl (C=O) groups is 1. The van der Waals surface area contributed by atoms with Crippen LogP contribution in [0.25, 0.3) is 15.7 Å². The number of aromatic nitrogens is 4. The summed E-state index contributed by atoms with van der Waals surface area (Å²) in [5.74, 6) is 1.72. The number of morpholine rings is 1. The molecule has 5 heterocycles. The van der Waals surface area contributed by atoms with Crippen LogP contribution in [0.15, 0.2) is 30.9 Å². The van der Waals surface area contributed by atoms with E-state index in [1.54, 1.807) is 35.5 Å². The summed E-state index contributed by atoms with van der Waals surface area (Å²) in [6.45, 7) is 5.41. The van der Waals surface area contributed by atoms with Crippen molar-refractivity contribution >= 4 is 44.5 Å². The summed E-state index contributed by atoms with van der Waals surface area (Å²) in [4.78, 5) is 26.7. The number of ether oxygens (including phenoxy) is 2. The van der Waals surface area contributed by atoms with E-state index in [0.717, 1.165) is 46.5 Å². The molecular formula is C25H28N6O3S. The Hall–Kier alpha value is -3.24. The summed E-state index contributed by atoms with van der Waals surface area (Å²) < 4.78 is 13.3. The van der Waals surface area contributed by atoms with Gasteiger partial charge in [-0.25, -0.2) is 14.5 Å². The molecule has 1 fully saturated rings. The van der Waals surface area contributed by atoms with E-state index in [2.05, 4.69) is 20.4 Å². The summed E-state index contributed by atoms with van der Waals surface area (Å²) >= 11 is 1.68. The maximum Gasteiger partial charge on any atom is 0.226 e. The highest BCUT2D eigenvalue weighted by Crippen LogP contribution is 2.42. The fourth-order valence-corrected chi connectivity index (χ4v) is 6.71. The molecule has 4 aromatic heterocycles. The molecule has 1 amide bonds. The minimum atomic E-state index is 0.00166. The molecule has 10 heteroatoms. The number of carbonyl (C=O) groups excluding carboxylic acids is 1.